The van der Waals surface area contributed by atoms with E-state index in [1.807, 2.05) is 12.1 Å². The Hall–Kier alpha value is -1.69. The molecule has 1 nitrogen and oxygen atoms in total. The van der Waals surface area contributed by atoms with Crippen LogP contribution in [0.5, 0.6) is 0 Å². The summed E-state index contributed by atoms with van der Waals surface area (Å²) >= 11 is 0. The highest BCUT2D eigenvalue weighted by molar-refractivity contribution is 5.20. The summed E-state index contributed by atoms with van der Waals surface area (Å²) < 4.78 is 26.1. The van der Waals surface area contributed by atoms with Crippen LogP contribution < -0.4 is 0 Å². The summed E-state index contributed by atoms with van der Waals surface area (Å²) in [5.41, 5.74) is 1.31. The maximum absolute atomic E-state index is 13.1. The Morgan fingerprint density at radius 2 is 1.43 bits per heavy atom. The predicted octanol–water partition coefficient (Wildman–Crippen LogP) is 7.84. The van der Waals surface area contributed by atoms with Crippen molar-refractivity contribution < 1.29 is 8.78 Å². The third-order valence-corrected chi connectivity index (χ3v) is 7.04. The lowest BCUT2D eigenvalue weighted by Gasteiger charge is -2.29. The molecule has 0 atom stereocenters. The standard InChI is InChI=1S/C25H33F2N/c26-24-15-13-23(14-16-24)22-11-9-20(10-12-22)4-2-1-3-19-5-7-21(8-6-19)17-25(27)18-28/h13-17,19-22H,1-12H2/b25-17-/t19-,20-,21-,22-. The van der Waals surface area contributed by atoms with E-state index in [0.29, 0.717) is 5.92 Å². The van der Waals surface area contributed by atoms with Gasteiger partial charge in [0.05, 0.1) is 0 Å². The predicted molar refractivity (Wildman–Crippen MR) is 110 cm³/mol. The van der Waals surface area contributed by atoms with Crippen molar-refractivity contribution in [2.45, 2.75) is 83.0 Å². The van der Waals surface area contributed by atoms with Gasteiger partial charge in [-0.25, -0.2) is 4.39 Å². The highest BCUT2D eigenvalue weighted by atomic mass is 19.1. The van der Waals surface area contributed by atoms with Crippen molar-refractivity contribution >= 4 is 0 Å². The summed E-state index contributed by atoms with van der Waals surface area (Å²) in [5, 5.41) is 8.54. The fraction of sp³-hybridized carbons (Fsp3) is 0.640. The Balaban J connectivity index is 1.27. The molecule has 0 saturated heterocycles. The smallest absolute Gasteiger partial charge is 0.196 e. The largest absolute Gasteiger partial charge is 0.207 e. The van der Waals surface area contributed by atoms with E-state index < -0.39 is 5.83 Å². The van der Waals surface area contributed by atoms with Crippen molar-refractivity contribution in [1.29, 1.82) is 5.26 Å². The molecule has 1 aromatic rings. The maximum Gasteiger partial charge on any atom is 0.196 e. The van der Waals surface area contributed by atoms with E-state index >= 15 is 0 Å². The third-order valence-electron chi connectivity index (χ3n) is 7.04. The van der Waals surface area contributed by atoms with Gasteiger partial charge >= 0.3 is 0 Å². The monoisotopic (exact) mass is 385 g/mol. The van der Waals surface area contributed by atoms with E-state index in [9.17, 15) is 8.78 Å². The Labute approximate surface area is 168 Å². The van der Waals surface area contributed by atoms with Gasteiger partial charge in [0.1, 0.15) is 11.9 Å². The number of halogens is 2. The Morgan fingerprint density at radius 1 is 0.893 bits per heavy atom. The van der Waals surface area contributed by atoms with Crippen LogP contribution in [0, 0.1) is 34.9 Å². The van der Waals surface area contributed by atoms with Gasteiger partial charge in [0.25, 0.3) is 0 Å². The lowest BCUT2D eigenvalue weighted by atomic mass is 9.76. The zero-order chi connectivity index (χ0) is 19.8. The van der Waals surface area contributed by atoms with Crippen LogP contribution in [0.1, 0.15) is 88.5 Å². The summed E-state index contributed by atoms with van der Waals surface area (Å²) in [6.45, 7) is 0. The summed E-state index contributed by atoms with van der Waals surface area (Å²) in [7, 11) is 0. The van der Waals surface area contributed by atoms with Gasteiger partial charge < -0.3 is 0 Å². The zero-order valence-electron chi connectivity index (χ0n) is 16.9. The molecule has 3 rings (SSSR count). The molecule has 0 heterocycles. The SMILES string of the molecule is N#C/C(F)=C/[C@H]1CC[C@H](CCCC[C@H]2CC[C@H](c3ccc(F)cc3)CC2)CC1. The molecule has 0 spiro atoms. The fourth-order valence-corrected chi connectivity index (χ4v) is 5.27. The van der Waals surface area contributed by atoms with Gasteiger partial charge in [-0.2, -0.15) is 9.65 Å². The third kappa shape index (κ3) is 6.43. The first-order chi connectivity index (χ1) is 13.6. The van der Waals surface area contributed by atoms with Crippen LogP contribution in [0.25, 0.3) is 0 Å². The number of unbranched alkanes of at least 4 members (excludes halogenated alkanes) is 1. The van der Waals surface area contributed by atoms with Gasteiger partial charge in [0, 0.05) is 0 Å². The zero-order valence-corrected chi connectivity index (χ0v) is 16.9. The molecular weight excluding hydrogens is 352 g/mol. The van der Waals surface area contributed by atoms with Crippen LogP contribution in [0.2, 0.25) is 0 Å². The summed E-state index contributed by atoms with van der Waals surface area (Å²) in [6, 6.07) is 8.68. The first-order valence-corrected chi connectivity index (χ1v) is 11.2. The van der Waals surface area contributed by atoms with Crippen LogP contribution in [-0.4, -0.2) is 0 Å². The van der Waals surface area contributed by atoms with Crippen molar-refractivity contribution in [3.05, 3.63) is 47.5 Å². The van der Waals surface area contributed by atoms with Crippen LogP contribution in [-0.2, 0) is 0 Å². The minimum Gasteiger partial charge on any atom is -0.207 e. The number of hydrogen-bond donors (Lipinski definition) is 0. The van der Waals surface area contributed by atoms with Crippen LogP contribution >= 0.6 is 0 Å². The van der Waals surface area contributed by atoms with Crippen molar-refractivity contribution in [2.75, 3.05) is 0 Å². The molecule has 0 amide bonds. The number of allylic oxidation sites excluding steroid dienone is 2. The molecule has 2 aliphatic carbocycles. The second-order valence-electron chi connectivity index (χ2n) is 8.96. The van der Waals surface area contributed by atoms with Crippen LogP contribution in [0.3, 0.4) is 0 Å². The highest BCUT2D eigenvalue weighted by Gasteiger charge is 2.23. The molecule has 0 aliphatic heterocycles. The van der Waals surface area contributed by atoms with E-state index in [-0.39, 0.29) is 11.7 Å². The molecule has 3 heteroatoms. The van der Waals surface area contributed by atoms with E-state index in [1.165, 1.54) is 75.8 Å². The molecule has 0 N–H and O–H groups in total. The van der Waals surface area contributed by atoms with Gasteiger partial charge in [-0.15, -0.1) is 0 Å². The first kappa shape index (κ1) is 21.0. The molecule has 0 bridgehead atoms. The molecule has 0 radical (unpaired) electrons. The number of nitrogens with zero attached hydrogens (tertiary/aromatic N) is 1. The summed E-state index contributed by atoms with van der Waals surface area (Å²) in [5.74, 6) is 1.80. The number of benzene rings is 1. The van der Waals surface area contributed by atoms with Crippen molar-refractivity contribution in [3.8, 4) is 6.07 Å². The number of rotatable bonds is 7. The van der Waals surface area contributed by atoms with E-state index in [2.05, 4.69) is 0 Å². The summed E-state index contributed by atoms with van der Waals surface area (Å²) in [6.07, 6.45) is 16.4. The molecule has 2 saturated carbocycles. The van der Waals surface area contributed by atoms with Gasteiger partial charge in [-0.05, 0) is 98.8 Å². The second-order valence-corrected chi connectivity index (χ2v) is 8.96. The van der Waals surface area contributed by atoms with E-state index in [1.54, 1.807) is 18.2 Å². The average molecular weight is 386 g/mol. The fourth-order valence-electron chi connectivity index (χ4n) is 5.27. The summed E-state index contributed by atoms with van der Waals surface area (Å²) in [4.78, 5) is 0. The normalized spacial score (nSPS) is 28.7. The highest BCUT2D eigenvalue weighted by Crippen LogP contribution is 2.38. The van der Waals surface area contributed by atoms with E-state index in [4.69, 9.17) is 5.26 Å². The van der Waals surface area contributed by atoms with Crippen molar-refractivity contribution in [1.82, 2.24) is 0 Å². The number of nitriles is 1. The Bertz CT molecular complexity index is 657. The minimum atomic E-state index is -0.613. The topological polar surface area (TPSA) is 23.8 Å². The maximum atomic E-state index is 13.1. The van der Waals surface area contributed by atoms with Gasteiger partial charge in [-0.3, -0.25) is 0 Å². The van der Waals surface area contributed by atoms with Gasteiger partial charge in [0.15, 0.2) is 5.83 Å². The number of hydrogen-bond acceptors (Lipinski definition) is 1. The van der Waals surface area contributed by atoms with Gasteiger partial charge in [-0.1, -0.05) is 37.8 Å². The lowest BCUT2D eigenvalue weighted by molar-refractivity contribution is 0.272. The first-order valence-electron chi connectivity index (χ1n) is 11.2. The second kappa shape index (κ2) is 10.7. The molecule has 0 unspecified atom stereocenters. The van der Waals surface area contributed by atoms with Gasteiger partial charge in [0.2, 0.25) is 0 Å². The Kier molecular flexibility index (Phi) is 8.07. The van der Waals surface area contributed by atoms with Crippen molar-refractivity contribution in [3.63, 3.8) is 0 Å². The molecule has 2 fully saturated rings. The molecule has 28 heavy (non-hydrogen) atoms. The average Bonchev–Trinajstić information content (AvgIpc) is 2.73. The molecule has 2 aliphatic rings. The molecular formula is C25H33F2N. The molecule has 0 aromatic heterocycles. The Morgan fingerprint density at radius 3 is 1.96 bits per heavy atom. The lowest BCUT2D eigenvalue weighted by Crippen LogP contribution is -2.14. The van der Waals surface area contributed by atoms with Crippen LogP contribution in [0.15, 0.2) is 36.2 Å². The van der Waals surface area contributed by atoms with Crippen LogP contribution in [0.4, 0.5) is 8.78 Å². The quantitative estimate of drug-likeness (QED) is 0.346. The molecule has 152 valence electrons. The minimum absolute atomic E-state index is 0.142. The van der Waals surface area contributed by atoms with Crippen molar-refractivity contribution in [2.24, 2.45) is 17.8 Å². The van der Waals surface area contributed by atoms with E-state index in [0.717, 1.165) is 24.7 Å². The molecule has 1 aromatic carbocycles.